The predicted molar refractivity (Wildman–Crippen MR) is 75.4 cm³/mol. The van der Waals surface area contributed by atoms with Crippen LogP contribution in [-0.2, 0) is 6.42 Å². The van der Waals surface area contributed by atoms with Crippen molar-refractivity contribution in [3.05, 3.63) is 29.8 Å². The van der Waals surface area contributed by atoms with Gasteiger partial charge in [-0.2, -0.15) is 15.0 Å². The highest BCUT2D eigenvalue weighted by Gasteiger charge is 2.08. The van der Waals surface area contributed by atoms with Crippen LogP contribution in [0.25, 0.3) is 11.4 Å². The zero-order valence-electron chi connectivity index (χ0n) is 11.5. The topological polar surface area (TPSA) is 59.9 Å². The second kappa shape index (κ2) is 6.13. The summed E-state index contributed by atoms with van der Waals surface area (Å²) in [6.45, 7) is 2.16. The molecule has 1 N–H and O–H groups in total. The molecular formula is C14H18N4O. The fourth-order valence-corrected chi connectivity index (χ4v) is 1.84. The monoisotopic (exact) mass is 258 g/mol. The van der Waals surface area contributed by atoms with Crippen LogP contribution in [0, 0.1) is 0 Å². The lowest BCUT2D eigenvalue weighted by molar-refractivity contribution is 0.379. The summed E-state index contributed by atoms with van der Waals surface area (Å²) in [5, 5.41) is 2.91. The van der Waals surface area contributed by atoms with Crippen LogP contribution in [0.3, 0.4) is 0 Å². The predicted octanol–water partition coefficient (Wildman–Crippen LogP) is 2.54. The molecule has 0 radical (unpaired) electrons. The van der Waals surface area contributed by atoms with E-state index in [1.54, 1.807) is 14.2 Å². The minimum Gasteiger partial charge on any atom is -0.467 e. The SMILES string of the molecule is CCCc1cccc(-c2nc(NC)nc(OC)n2)c1. The van der Waals surface area contributed by atoms with Gasteiger partial charge in [-0.1, -0.05) is 31.5 Å². The maximum Gasteiger partial charge on any atom is 0.321 e. The van der Waals surface area contributed by atoms with Gasteiger partial charge >= 0.3 is 6.01 Å². The van der Waals surface area contributed by atoms with Crippen molar-refractivity contribution in [3.63, 3.8) is 0 Å². The highest BCUT2D eigenvalue weighted by Crippen LogP contribution is 2.20. The number of nitrogens with zero attached hydrogens (tertiary/aromatic N) is 3. The van der Waals surface area contributed by atoms with Gasteiger partial charge in [-0.05, 0) is 18.1 Å². The van der Waals surface area contributed by atoms with Crippen molar-refractivity contribution in [2.24, 2.45) is 0 Å². The molecule has 0 unspecified atom stereocenters. The molecular weight excluding hydrogens is 240 g/mol. The van der Waals surface area contributed by atoms with Crippen LogP contribution in [0.15, 0.2) is 24.3 Å². The van der Waals surface area contributed by atoms with Crippen molar-refractivity contribution in [3.8, 4) is 17.4 Å². The van der Waals surface area contributed by atoms with Gasteiger partial charge < -0.3 is 10.1 Å². The Hall–Kier alpha value is -2.17. The smallest absolute Gasteiger partial charge is 0.321 e. The van der Waals surface area contributed by atoms with E-state index in [1.807, 2.05) is 12.1 Å². The molecule has 100 valence electrons. The molecule has 0 atom stereocenters. The molecule has 0 saturated heterocycles. The van der Waals surface area contributed by atoms with Gasteiger partial charge in [0.05, 0.1) is 7.11 Å². The van der Waals surface area contributed by atoms with Crippen molar-refractivity contribution in [1.82, 2.24) is 15.0 Å². The molecule has 0 aliphatic rings. The highest BCUT2D eigenvalue weighted by molar-refractivity contribution is 5.57. The van der Waals surface area contributed by atoms with Gasteiger partial charge in [0.2, 0.25) is 5.95 Å². The van der Waals surface area contributed by atoms with Gasteiger partial charge in [-0.25, -0.2) is 0 Å². The summed E-state index contributed by atoms with van der Waals surface area (Å²) in [6.07, 6.45) is 2.17. The second-order valence-electron chi connectivity index (χ2n) is 4.17. The number of anilines is 1. The largest absolute Gasteiger partial charge is 0.467 e. The number of rotatable bonds is 5. The minimum absolute atomic E-state index is 0.315. The number of aromatic nitrogens is 3. The standard InChI is InChI=1S/C14H18N4O/c1-4-6-10-7-5-8-11(9-10)12-16-13(15-2)18-14(17-12)19-3/h5,7-9H,4,6H2,1-3H3,(H,15,16,17,18). The third-order valence-corrected chi connectivity index (χ3v) is 2.74. The van der Waals surface area contributed by atoms with Gasteiger partial charge in [-0.3, -0.25) is 0 Å². The molecule has 0 aliphatic carbocycles. The zero-order valence-corrected chi connectivity index (χ0v) is 11.5. The summed E-state index contributed by atoms with van der Waals surface area (Å²) in [5.41, 5.74) is 2.26. The Morgan fingerprint density at radius 1 is 1.21 bits per heavy atom. The van der Waals surface area contributed by atoms with E-state index < -0.39 is 0 Å². The van der Waals surface area contributed by atoms with Crippen molar-refractivity contribution in [2.45, 2.75) is 19.8 Å². The molecule has 2 aromatic rings. The number of aryl methyl sites for hydroxylation is 1. The van der Waals surface area contributed by atoms with Crippen LogP contribution in [0.2, 0.25) is 0 Å². The maximum absolute atomic E-state index is 5.09. The fraction of sp³-hybridized carbons (Fsp3) is 0.357. The van der Waals surface area contributed by atoms with E-state index >= 15 is 0 Å². The third-order valence-electron chi connectivity index (χ3n) is 2.74. The number of benzene rings is 1. The van der Waals surface area contributed by atoms with Crippen LogP contribution in [0.5, 0.6) is 6.01 Å². The maximum atomic E-state index is 5.09. The Bertz CT molecular complexity index is 535. The number of nitrogens with one attached hydrogen (secondary N) is 1. The first-order valence-electron chi connectivity index (χ1n) is 6.34. The van der Waals surface area contributed by atoms with Crippen LogP contribution in [-0.4, -0.2) is 29.1 Å². The van der Waals surface area contributed by atoms with Gasteiger partial charge in [-0.15, -0.1) is 0 Å². The second-order valence-corrected chi connectivity index (χ2v) is 4.17. The van der Waals surface area contributed by atoms with Crippen LogP contribution < -0.4 is 10.1 Å². The molecule has 1 aromatic heterocycles. The average molecular weight is 258 g/mol. The van der Waals surface area contributed by atoms with Crippen molar-refractivity contribution in [1.29, 1.82) is 0 Å². The van der Waals surface area contributed by atoms with Gasteiger partial charge in [0.25, 0.3) is 0 Å². The number of hydrogen-bond acceptors (Lipinski definition) is 5. The summed E-state index contributed by atoms with van der Waals surface area (Å²) >= 11 is 0. The minimum atomic E-state index is 0.315. The van der Waals surface area contributed by atoms with E-state index in [0.29, 0.717) is 17.8 Å². The van der Waals surface area contributed by atoms with E-state index in [4.69, 9.17) is 4.74 Å². The Labute approximate surface area is 113 Å². The average Bonchev–Trinajstić information content (AvgIpc) is 2.47. The Morgan fingerprint density at radius 3 is 2.74 bits per heavy atom. The first-order valence-corrected chi connectivity index (χ1v) is 6.34. The van der Waals surface area contributed by atoms with E-state index in [9.17, 15) is 0 Å². The molecule has 2 rings (SSSR count). The molecule has 0 spiro atoms. The first kappa shape index (κ1) is 13.3. The highest BCUT2D eigenvalue weighted by atomic mass is 16.5. The summed E-state index contributed by atoms with van der Waals surface area (Å²) in [5.74, 6) is 1.12. The van der Waals surface area contributed by atoms with E-state index in [0.717, 1.165) is 18.4 Å². The Balaban J connectivity index is 2.42. The summed E-state index contributed by atoms with van der Waals surface area (Å²) < 4.78 is 5.09. The number of hydrogen-bond donors (Lipinski definition) is 1. The molecule has 1 heterocycles. The van der Waals surface area contributed by atoms with Crippen LogP contribution in [0.1, 0.15) is 18.9 Å². The third kappa shape index (κ3) is 3.19. The van der Waals surface area contributed by atoms with Crippen molar-refractivity contribution < 1.29 is 4.74 Å². The van der Waals surface area contributed by atoms with Crippen molar-refractivity contribution >= 4 is 5.95 Å². The van der Waals surface area contributed by atoms with Crippen LogP contribution >= 0.6 is 0 Å². The van der Waals surface area contributed by atoms with E-state index in [-0.39, 0.29) is 0 Å². The zero-order chi connectivity index (χ0) is 13.7. The first-order chi connectivity index (χ1) is 9.26. The normalized spacial score (nSPS) is 10.3. The molecule has 0 fully saturated rings. The molecule has 1 aromatic carbocycles. The Kier molecular flexibility index (Phi) is 4.28. The molecule has 0 aliphatic heterocycles. The summed E-state index contributed by atoms with van der Waals surface area (Å²) in [4.78, 5) is 12.7. The lowest BCUT2D eigenvalue weighted by Gasteiger charge is -2.07. The lowest BCUT2D eigenvalue weighted by Crippen LogP contribution is -2.03. The van der Waals surface area contributed by atoms with Gasteiger partial charge in [0.15, 0.2) is 5.82 Å². The molecule has 0 bridgehead atoms. The van der Waals surface area contributed by atoms with E-state index in [1.165, 1.54) is 5.56 Å². The number of ether oxygens (including phenoxy) is 1. The molecule has 0 saturated carbocycles. The quantitative estimate of drug-likeness (QED) is 0.893. The van der Waals surface area contributed by atoms with E-state index in [2.05, 4.69) is 39.3 Å². The van der Waals surface area contributed by atoms with Crippen molar-refractivity contribution in [2.75, 3.05) is 19.5 Å². The number of methoxy groups -OCH3 is 1. The van der Waals surface area contributed by atoms with Gasteiger partial charge in [0, 0.05) is 12.6 Å². The summed E-state index contributed by atoms with van der Waals surface area (Å²) in [6, 6.07) is 8.56. The van der Waals surface area contributed by atoms with Crippen LogP contribution in [0.4, 0.5) is 5.95 Å². The molecule has 0 amide bonds. The van der Waals surface area contributed by atoms with Gasteiger partial charge in [0.1, 0.15) is 0 Å². The summed E-state index contributed by atoms with van der Waals surface area (Å²) in [7, 11) is 3.32. The molecule has 19 heavy (non-hydrogen) atoms. The lowest BCUT2D eigenvalue weighted by atomic mass is 10.1. The fourth-order valence-electron chi connectivity index (χ4n) is 1.84. The Morgan fingerprint density at radius 2 is 2.05 bits per heavy atom. The molecule has 5 heteroatoms. The molecule has 5 nitrogen and oxygen atoms in total.